The summed E-state index contributed by atoms with van der Waals surface area (Å²) in [6.45, 7) is 0. The van der Waals surface area contributed by atoms with Gasteiger partial charge in [-0.25, -0.2) is 0 Å². The SMILES string of the molecule is [B]c1ccc(C[C@H](N)C(=O)O)cc1. The van der Waals surface area contributed by atoms with E-state index in [0.717, 1.165) is 5.56 Å². The number of carboxylic acids is 1. The van der Waals surface area contributed by atoms with Crippen LogP contribution in [0.2, 0.25) is 0 Å². The predicted molar refractivity (Wildman–Crippen MR) is 51.1 cm³/mol. The first-order valence-electron chi connectivity index (χ1n) is 3.92. The summed E-state index contributed by atoms with van der Waals surface area (Å²) in [6, 6.07) is 6.16. The van der Waals surface area contributed by atoms with Crippen molar-refractivity contribution in [2.45, 2.75) is 12.5 Å². The van der Waals surface area contributed by atoms with Gasteiger partial charge in [-0.2, -0.15) is 0 Å². The fourth-order valence-corrected chi connectivity index (χ4v) is 0.995. The normalized spacial score (nSPS) is 12.4. The van der Waals surface area contributed by atoms with Gasteiger partial charge in [-0.3, -0.25) is 4.79 Å². The van der Waals surface area contributed by atoms with Crippen molar-refractivity contribution in [1.82, 2.24) is 0 Å². The van der Waals surface area contributed by atoms with Gasteiger partial charge in [0, 0.05) is 0 Å². The summed E-state index contributed by atoms with van der Waals surface area (Å²) in [4.78, 5) is 10.4. The molecule has 0 aliphatic rings. The molecule has 1 aromatic carbocycles. The summed E-state index contributed by atoms with van der Waals surface area (Å²) in [7, 11) is 5.47. The van der Waals surface area contributed by atoms with Crippen LogP contribution in [-0.4, -0.2) is 25.0 Å². The molecule has 0 heterocycles. The molecule has 0 saturated carbocycles. The van der Waals surface area contributed by atoms with Gasteiger partial charge in [0.05, 0.1) is 0 Å². The number of carboxylic acid groups (broad SMARTS) is 1. The van der Waals surface area contributed by atoms with Crippen LogP contribution in [0.3, 0.4) is 0 Å². The van der Waals surface area contributed by atoms with Crippen LogP contribution in [0.1, 0.15) is 5.56 Å². The van der Waals surface area contributed by atoms with Crippen LogP contribution >= 0.6 is 0 Å². The average molecular weight is 175 g/mol. The Bertz CT molecular complexity index is 297. The van der Waals surface area contributed by atoms with Gasteiger partial charge in [-0.15, -0.1) is 0 Å². The molecule has 1 atom stereocenters. The number of hydrogen-bond acceptors (Lipinski definition) is 2. The van der Waals surface area contributed by atoms with Crippen LogP contribution in [0, 0.1) is 0 Å². The number of nitrogens with two attached hydrogens (primary N) is 1. The summed E-state index contributed by atoms with van der Waals surface area (Å²) in [5, 5.41) is 8.55. The Labute approximate surface area is 78.0 Å². The number of rotatable bonds is 3. The molecule has 1 rings (SSSR count). The number of benzene rings is 1. The third-order valence-corrected chi connectivity index (χ3v) is 1.75. The zero-order chi connectivity index (χ0) is 9.84. The molecule has 0 bridgehead atoms. The van der Waals surface area contributed by atoms with Gasteiger partial charge < -0.3 is 10.8 Å². The molecule has 0 aliphatic heterocycles. The van der Waals surface area contributed by atoms with E-state index in [1.54, 1.807) is 24.3 Å². The van der Waals surface area contributed by atoms with Crippen LogP contribution < -0.4 is 11.2 Å². The molecule has 1 aromatic rings. The highest BCUT2D eigenvalue weighted by Crippen LogP contribution is 2.00. The first-order chi connectivity index (χ1) is 6.09. The Morgan fingerprint density at radius 1 is 1.46 bits per heavy atom. The van der Waals surface area contributed by atoms with Crippen molar-refractivity contribution in [2.24, 2.45) is 5.73 Å². The second-order valence-electron chi connectivity index (χ2n) is 2.89. The third-order valence-electron chi connectivity index (χ3n) is 1.75. The van der Waals surface area contributed by atoms with Crippen molar-refractivity contribution >= 4 is 19.3 Å². The molecule has 0 unspecified atom stereocenters. The minimum Gasteiger partial charge on any atom is -0.480 e. The highest BCUT2D eigenvalue weighted by molar-refractivity contribution is 6.32. The van der Waals surface area contributed by atoms with Gasteiger partial charge in [0.15, 0.2) is 0 Å². The van der Waals surface area contributed by atoms with Crippen LogP contribution in [-0.2, 0) is 11.2 Å². The molecular weight excluding hydrogens is 165 g/mol. The van der Waals surface area contributed by atoms with Crippen molar-refractivity contribution in [3.05, 3.63) is 29.8 Å². The Hall–Kier alpha value is -1.29. The smallest absolute Gasteiger partial charge is 0.320 e. The molecule has 0 fully saturated rings. The maximum atomic E-state index is 10.4. The van der Waals surface area contributed by atoms with E-state index < -0.39 is 12.0 Å². The third kappa shape index (κ3) is 2.91. The first kappa shape index (κ1) is 9.80. The van der Waals surface area contributed by atoms with Crippen molar-refractivity contribution in [3.63, 3.8) is 0 Å². The first-order valence-corrected chi connectivity index (χ1v) is 3.92. The number of hydrogen-bond donors (Lipinski definition) is 2. The number of carbonyl (C=O) groups is 1. The molecule has 13 heavy (non-hydrogen) atoms. The molecule has 66 valence electrons. The van der Waals surface area contributed by atoms with Crippen LogP contribution in [0.4, 0.5) is 0 Å². The van der Waals surface area contributed by atoms with Gasteiger partial charge >= 0.3 is 5.97 Å². The molecule has 0 saturated heterocycles. The van der Waals surface area contributed by atoms with Crippen LogP contribution in [0.25, 0.3) is 0 Å². The molecule has 0 aliphatic carbocycles. The molecule has 0 aromatic heterocycles. The monoisotopic (exact) mass is 175 g/mol. The fraction of sp³-hybridized carbons (Fsp3) is 0.222. The van der Waals surface area contributed by atoms with E-state index in [9.17, 15) is 4.79 Å². The average Bonchev–Trinajstić information content (AvgIpc) is 2.08. The van der Waals surface area contributed by atoms with Gasteiger partial charge in [0.2, 0.25) is 0 Å². The zero-order valence-corrected chi connectivity index (χ0v) is 7.10. The lowest BCUT2D eigenvalue weighted by atomic mass is 9.94. The maximum absolute atomic E-state index is 10.4. The van der Waals surface area contributed by atoms with E-state index in [1.807, 2.05) is 0 Å². The molecular formula is C9H10BNO2. The molecule has 4 heteroatoms. The van der Waals surface area contributed by atoms with Crippen molar-refractivity contribution in [1.29, 1.82) is 0 Å². The Morgan fingerprint density at radius 2 is 2.00 bits per heavy atom. The summed E-state index contributed by atoms with van der Waals surface area (Å²) in [6.07, 6.45) is 0.329. The van der Waals surface area contributed by atoms with Crippen LogP contribution in [0.15, 0.2) is 24.3 Å². The number of aliphatic carboxylic acids is 1. The quantitative estimate of drug-likeness (QED) is 0.605. The molecule has 3 nitrogen and oxygen atoms in total. The highest BCUT2D eigenvalue weighted by atomic mass is 16.4. The van der Waals surface area contributed by atoms with Crippen LogP contribution in [0.5, 0.6) is 0 Å². The van der Waals surface area contributed by atoms with Gasteiger partial charge in [-0.1, -0.05) is 29.7 Å². The van der Waals surface area contributed by atoms with Crippen molar-refractivity contribution < 1.29 is 9.90 Å². The van der Waals surface area contributed by atoms with Gasteiger partial charge in [0.1, 0.15) is 13.9 Å². The van der Waals surface area contributed by atoms with E-state index in [2.05, 4.69) is 0 Å². The molecule has 0 spiro atoms. The van der Waals surface area contributed by atoms with Crippen molar-refractivity contribution in [2.75, 3.05) is 0 Å². The Kier molecular flexibility index (Phi) is 3.09. The summed E-state index contributed by atoms with van der Waals surface area (Å²) >= 11 is 0. The second-order valence-corrected chi connectivity index (χ2v) is 2.89. The summed E-state index contributed by atoms with van der Waals surface area (Å²) in [5.41, 5.74) is 6.89. The second kappa shape index (κ2) is 4.09. The van der Waals surface area contributed by atoms with Gasteiger partial charge in [0.25, 0.3) is 0 Å². The topological polar surface area (TPSA) is 63.3 Å². The van der Waals surface area contributed by atoms with E-state index >= 15 is 0 Å². The fourth-order valence-electron chi connectivity index (χ4n) is 0.995. The Morgan fingerprint density at radius 3 is 2.46 bits per heavy atom. The maximum Gasteiger partial charge on any atom is 0.320 e. The standard InChI is InChI=1S/C9H10BNO2/c10-7-3-1-6(2-4-7)5-8(11)9(12)13/h1-4,8H,5,11H2,(H,12,13)/t8-/m0/s1. The Balaban J connectivity index is 2.64. The lowest BCUT2D eigenvalue weighted by Gasteiger charge is -2.06. The minimum atomic E-state index is -0.989. The van der Waals surface area contributed by atoms with E-state index in [1.165, 1.54) is 0 Å². The lowest BCUT2D eigenvalue weighted by Crippen LogP contribution is -2.32. The zero-order valence-electron chi connectivity index (χ0n) is 7.10. The largest absolute Gasteiger partial charge is 0.480 e. The molecule has 3 N–H and O–H groups in total. The molecule has 2 radical (unpaired) electrons. The summed E-state index contributed by atoms with van der Waals surface area (Å²) in [5.74, 6) is -0.989. The minimum absolute atomic E-state index is 0.329. The summed E-state index contributed by atoms with van der Waals surface area (Å²) < 4.78 is 0. The van der Waals surface area contributed by atoms with Crippen molar-refractivity contribution in [3.8, 4) is 0 Å². The van der Waals surface area contributed by atoms with E-state index in [0.29, 0.717) is 11.9 Å². The van der Waals surface area contributed by atoms with E-state index in [4.69, 9.17) is 18.7 Å². The highest BCUT2D eigenvalue weighted by Gasteiger charge is 2.11. The predicted octanol–water partition coefficient (Wildman–Crippen LogP) is -0.565. The lowest BCUT2D eigenvalue weighted by molar-refractivity contribution is -0.138. The van der Waals surface area contributed by atoms with Gasteiger partial charge in [-0.05, 0) is 12.0 Å². The van der Waals surface area contributed by atoms with E-state index in [-0.39, 0.29) is 0 Å². The molecule has 0 amide bonds.